The van der Waals surface area contributed by atoms with Crippen LogP contribution in [0.15, 0.2) is 30.3 Å². The molecule has 154 valence electrons. The third kappa shape index (κ3) is 4.26. The first-order valence-corrected chi connectivity index (χ1v) is 10.3. The number of hydrogen-bond donors (Lipinski definition) is 2. The van der Waals surface area contributed by atoms with Gasteiger partial charge >= 0.3 is 0 Å². The van der Waals surface area contributed by atoms with Gasteiger partial charge in [-0.15, -0.1) is 0 Å². The Kier molecular flexibility index (Phi) is 5.52. The third-order valence-electron chi connectivity index (χ3n) is 6.02. The van der Waals surface area contributed by atoms with Crippen LogP contribution in [0.5, 0.6) is 0 Å². The van der Waals surface area contributed by atoms with Crippen LogP contribution < -0.4 is 5.73 Å². The van der Waals surface area contributed by atoms with Crippen molar-refractivity contribution in [2.24, 2.45) is 5.73 Å². The van der Waals surface area contributed by atoms with Gasteiger partial charge in [0.25, 0.3) is 0 Å². The molecule has 0 spiro atoms. The number of ether oxygens (including phenoxy) is 1. The molecule has 1 saturated heterocycles. The summed E-state index contributed by atoms with van der Waals surface area (Å²) in [5.74, 6) is -0.577. The molecule has 1 atom stereocenters. The second-order valence-corrected chi connectivity index (χ2v) is 8.14. The van der Waals surface area contributed by atoms with Crippen LogP contribution in [0.25, 0.3) is 10.9 Å². The Labute approximate surface area is 169 Å². The van der Waals surface area contributed by atoms with Gasteiger partial charge in [-0.1, -0.05) is 37.5 Å². The van der Waals surface area contributed by atoms with Crippen LogP contribution in [0.1, 0.15) is 60.7 Å². The Balaban J connectivity index is 1.54. The van der Waals surface area contributed by atoms with Crippen molar-refractivity contribution in [1.82, 2.24) is 9.88 Å². The number of pyridine rings is 1. The second kappa shape index (κ2) is 8.08. The first-order chi connectivity index (χ1) is 14.0. The van der Waals surface area contributed by atoms with Crippen molar-refractivity contribution in [3.63, 3.8) is 0 Å². The molecule has 1 saturated carbocycles. The van der Waals surface area contributed by atoms with Crippen molar-refractivity contribution in [2.45, 2.75) is 50.2 Å². The lowest BCUT2D eigenvalue weighted by Gasteiger charge is -2.37. The summed E-state index contributed by atoms with van der Waals surface area (Å²) in [6.45, 7) is 1.22. The van der Waals surface area contributed by atoms with Crippen molar-refractivity contribution in [3.8, 4) is 0 Å². The predicted molar refractivity (Wildman–Crippen MR) is 108 cm³/mol. The van der Waals surface area contributed by atoms with Crippen LogP contribution in [0, 0.1) is 0 Å². The molecule has 2 aromatic rings. The molecule has 3 N–H and O–H groups in total. The molecule has 0 bridgehead atoms. The number of nitrogens with zero attached hydrogens (tertiary/aromatic N) is 2. The zero-order valence-corrected chi connectivity index (χ0v) is 16.5. The summed E-state index contributed by atoms with van der Waals surface area (Å²) in [6.07, 6.45) is 4.13. The molecule has 1 unspecified atom stereocenters. The van der Waals surface area contributed by atoms with Crippen molar-refractivity contribution in [1.29, 1.82) is 0 Å². The van der Waals surface area contributed by atoms with Crippen molar-refractivity contribution >= 4 is 22.7 Å². The van der Waals surface area contributed by atoms with E-state index in [1.807, 2.05) is 24.3 Å². The maximum Gasteiger partial charge on any atom is 0.249 e. The number of benzene rings is 1. The van der Waals surface area contributed by atoms with Crippen molar-refractivity contribution in [2.75, 3.05) is 19.7 Å². The van der Waals surface area contributed by atoms with Crippen molar-refractivity contribution < 1.29 is 19.4 Å². The van der Waals surface area contributed by atoms with Gasteiger partial charge in [-0.2, -0.15) is 0 Å². The number of aliphatic hydroxyl groups is 1. The lowest BCUT2D eigenvalue weighted by Crippen LogP contribution is -2.46. The van der Waals surface area contributed by atoms with Crippen LogP contribution in [0.2, 0.25) is 0 Å². The fourth-order valence-corrected chi connectivity index (χ4v) is 4.40. The maximum atomic E-state index is 12.9. The Morgan fingerprint density at radius 1 is 1.24 bits per heavy atom. The fraction of sp³-hybridized carbons (Fsp3) is 0.500. The number of primary amides is 1. The van der Waals surface area contributed by atoms with Crippen LogP contribution in [0.3, 0.4) is 0 Å². The van der Waals surface area contributed by atoms with Crippen molar-refractivity contribution in [3.05, 3.63) is 41.6 Å². The number of carbonyl (C=O) groups is 2. The summed E-state index contributed by atoms with van der Waals surface area (Å²) in [7, 11) is 0. The summed E-state index contributed by atoms with van der Waals surface area (Å²) < 4.78 is 5.87. The quantitative estimate of drug-likeness (QED) is 0.824. The van der Waals surface area contributed by atoms with E-state index >= 15 is 0 Å². The zero-order chi connectivity index (χ0) is 20.4. The number of morpholine rings is 1. The maximum absolute atomic E-state index is 12.9. The Morgan fingerprint density at radius 3 is 2.76 bits per heavy atom. The molecular weight excluding hydrogens is 370 g/mol. The predicted octanol–water partition coefficient (Wildman–Crippen LogP) is 2.32. The molecular formula is C22H27N3O4. The van der Waals surface area contributed by atoms with E-state index < -0.39 is 17.6 Å². The number of aromatic nitrogens is 1. The number of para-hydroxylation sites is 1. The normalized spacial score (nSPS) is 21.8. The monoisotopic (exact) mass is 397 g/mol. The van der Waals surface area contributed by atoms with Gasteiger partial charge in [-0.25, -0.2) is 4.98 Å². The van der Waals surface area contributed by atoms with Crippen LogP contribution in [-0.4, -0.2) is 52.1 Å². The minimum Gasteiger partial charge on any atom is -0.389 e. The lowest BCUT2D eigenvalue weighted by atomic mass is 9.82. The van der Waals surface area contributed by atoms with E-state index in [2.05, 4.69) is 4.98 Å². The fourth-order valence-electron chi connectivity index (χ4n) is 4.40. The molecule has 2 fully saturated rings. The lowest BCUT2D eigenvalue weighted by molar-refractivity contribution is -0.145. The number of hydrogen-bond acceptors (Lipinski definition) is 5. The van der Waals surface area contributed by atoms with Crippen LogP contribution in [0.4, 0.5) is 0 Å². The Hall–Kier alpha value is -2.51. The summed E-state index contributed by atoms with van der Waals surface area (Å²) in [4.78, 5) is 31.2. The molecule has 1 aliphatic carbocycles. The van der Waals surface area contributed by atoms with E-state index in [1.54, 1.807) is 11.0 Å². The number of fused-ring (bicyclic) bond motifs is 1. The summed E-state index contributed by atoms with van der Waals surface area (Å²) in [5.41, 5.74) is 6.34. The number of rotatable bonds is 4. The molecule has 7 heteroatoms. The molecule has 1 aliphatic heterocycles. The SMILES string of the molecule is NC(=O)c1cc(C2CN(C(=O)CC3(O)CCCCC3)CCO2)nc2ccccc12. The topological polar surface area (TPSA) is 106 Å². The molecule has 2 aliphatic rings. The van der Waals surface area contributed by atoms with Gasteiger partial charge in [0.05, 0.1) is 41.9 Å². The number of amides is 2. The minimum absolute atomic E-state index is 0.0568. The molecule has 4 rings (SSSR count). The van der Waals surface area contributed by atoms with E-state index in [0.717, 1.165) is 19.3 Å². The molecule has 1 aromatic carbocycles. The highest BCUT2D eigenvalue weighted by atomic mass is 16.5. The highest BCUT2D eigenvalue weighted by Gasteiger charge is 2.35. The van der Waals surface area contributed by atoms with Gasteiger partial charge in [0.1, 0.15) is 6.10 Å². The molecule has 2 heterocycles. The Bertz CT molecular complexity index is 923. The smallest absolute Gasteiger partial charge is 0.249 e. The van der Waals surface area contributed by atoms with E-state index in [-0.39, 0.29) is 12.3 Å². The second-order valence-electron chi connectivity index (χ2n) is 8.14. The van der Waals surface area contributed by atoms with Crippen LogP contribution >= 0.6 is 0 Å². The standard InChI is InChI=1S/C22H27N3O4/c23-21(27)16-12-18(24-17-7-3-2-6-15(16)17)19-14-25(10-11-29-19)20(26)13-22(28)8-4-1-5-9-22/h2-3,6-7,12,19,28H,1,4-5,8-11,13-14H2,(H2,23,27). The largest absolute Gasteiger partial charge is 0.389 e. The molecule has 1 aromatic heterocycles. The first kappa shape index (κ1) is 19.8. The van der Waals surface area contributed by atoms with E-state index in [1.165, 1.54) is 0 Å². The molecule has 0 radical (unpaired) electrons. The molecule has 2 amide bonds. The highest BCUT2D eigenvalue weighted by molar-refractivity contribution is 6.05. The highest BCUT2D eigenvalue weighted by Crippen LogP contribution is 2.32. The number of nitrogens with two attached hydrogens (primary N) is 1. The van der Waals surface area contributed by atoms with Gasteiger partial charge in [0.2, 0.25) is 11.8 Å². The van der Waals surface area contributed by atoms with E-state index in [4.69, 9.17) is 10.5 Å². The van der Waals surface area contributed by atoms with Gasteiger partial charge in [-0.05, 0) is 25.0 Å². The van der Waals surface area contributed by atoms with Gasteiger partial charge in [0.15, 0.2) is 0 Å². The zero-order valence-electron chi connectivity index (χ0n) is 16.5. The summed E-state index contributed by atoms with van der Waals surface area (Å²) in [6, 6.07) is 9.00. The van der Waals surface area contributed by atoms with E-state index in [9.17, 15) is 14.7 Å². The number of carbonyl (C=O) groups excluding carboxylic acids is 2. The molecule has 7 nitrogen and oxygen atoms in total. The van der Waals surface area contributed by atoms with E-state index in [0.29, 0.717) is 54.7 Å². The third-order valence-corrected chi connectivity index (χ3v) is 6.02. The molecule has 29 heavy (non-hydrogen) atoms. The van der Waals surface area contributed by atoms with Gasteiger partial charge in [0, 0.05) is 11.9 Å². The minimum atomic E-state index is -0.885. The summed E-state index contributed by atoms with van der Waals surface area (Å²) in [5, 5.41) is 11.4. The average Bonchev–Trinajstić information content (AvgIpc) is 2.73. The van der Waals surface area contributed by atoms with Gasteiger partial charge < -0.3 is 20.5 Å². The Morgan fingerprint density at radius 2 is 2.00 bits per heavy atom. The van der Waals surface area contributed by atoms with Crippen LogP contribution in [-0.2, 0) is 9.53 Å². The first-order valence-electron chi connectivity index (χ1n) is 10.3. The van der Waals surface area contributed by atoms with Gasteiger partial charge in [-0.3, -0.25) is 9.59 Å². The summed E-state index contributed by atoms with van der Waals surface area (Å²) >= 11 is 0. The average molecular weight is 397 g/mol.